The Morgan fingerprint density at radius 2 is 2.12 bits per heavy atom. The van der Waals surface area contributed by atoms with Gasteiger partial charge in [-0.25, -0.2) is 9.97 Å². The van der Waals surface area contributed by atoms with Crippen LogP contribution in [0.2, 0.25) is 0 Å². The summed E-state index contributed by atoms with van der Waals surface area (Å²) in [4.78, 5) is 23.6. The Bertz CT molecular complexity index is 859. The Balaban J connectivity index is 1.63. The second kappa shape index (κ2) is 6.48. The topological polar surface area (TPSA) is 83.9 Å². The van der Waals surface area contributed by atoms with Crippen LogP contribution >= 0.6 is 11.3 Å². The molecule has 0 spiro atoms. The molecule has 0 aromatic carbocycles. The van der Waals surface area contributed by atoms with Gasteiger partial charge < -0.3 is 10.2 Å². The van der Waals surface area contributed by atoms with E-state index < -0.39 is 0 Å². The molecule has 1 aliphatic heterocycles. The van der Waals surface area contributed by atoms with Crippen LogP contribution in [-0.4, -0.2) is 44.1 Å². The number of amides is 1. The van der Waals surface area contributed by atoms with Crippen LogP contribution in [0.25, 0.3) is 10.2 Å². The summed E-state index contributed by atoms with van der Waals surface area (Å²) in [5.41, 5.74) is 2.07. The molecule has 1 N–H and O–H groups in total. The van der Waals surface area contributed by atoms with Crippen molar-refractivity contribution in [3.8, 4) is 0 Å². The second-order valence-corrected chi connectivity index (χ2v) is 6.51. The van der Waals surface area contributed by atoms with E-state index in [1.165, 1.54) is 11.3 Å². The first-order valence-electron chi connectivity index (χ1n) is 7.86. The van der Waals surface area contributed by atoms with Crippen LogP contribution in [0.5, 0.6) is 0 Å². The van der Waals surface area contributed by atoms with Gasteiger partial charge in [-0.05, 0) is 36.4 Å². The smallest absolute Gasteiger partial charge is 0.274 e. The van der Waals surface area contributed by atoms with Crippen LogP contribution in [0.3, 0.4) is 0 Å². The molecule has 0 bridgehead atoms. The lowest BCUT2D eigenvalue weighted by atomic mass is 10.3. The maximum Gasteiger partial charge on any atom is 0.274 e. The Hall–Kier alpha value is -2.61. The zero-order chi connectivity index (χ0) is 16.4. The van der Waals surface area contributed by atoms with Gasteiger partial charge in [0, 0.05) is 19.3 Å². The van der Waals surface area contributed by atoms with E-state index in [-0.39, 0.29) is 5.91 Å². The lowest BCUT2D eigenvalue weighted by Crippen LogP contribution is -2.28. The van der Waals surface area contributed by atoms with E-state index in [1.807, 2.05) is 28.5 Å². The quantitative estimate of drug-likeness (QED) is 0.785. The second-order valence-electron chi connectivity index (χ2n) is 5.60. The number of carbonyl (C=O) groups is 1. The number of thiophene rings is 1. The van der Waals surface area contributed by atoms with E-state index in [2.05, 4.69) is 25.5 Å². The highest BCUT2D eigenvalue weighted by Crippen LogP contribution is 2.25. The zero-order valence-corrected chi connectivity index (χ0v) is 13.8. The van der Waals surface area contributed by atoms with Gasteiger partial charge in [0.05, 0.1) is 22.5 Å². The van der Waals surface area contributed by atoms with Crippen molar-refractivity contribution in [3.05, 3.63) is 41.2 Å². The monoisotopic (exact) mass is 340 g/mol. The van der Waals surface area contributed by atoms with Gasteiger partial charge in [-0.3, -0.25) is 4.79 Å². The van der Waals surface area contributed by atoms with Crippen molar-refractivity contribution < 1.29 is 4.79 Å². The predicted molar refractivity (Wildman–Crippen MR) is 91.9 cm³/mol. The average Bonchev–Trinajstić information content (AvgIpc) is 3.31. The largest absolute Gasteiger partial charge is 0.348 e. The molecule has 1 aliphatic rings. The van der Waals surface area contributed by atoms with E-state index in [9.17, 15) is 4.79 Å². The summed E-state index contributed by atoms with van der Waals surface area (Å²) in [6.07, 6.45) is 3.74. The number of nitrogens with zero attached hydrogens (tertiary/aromatic N) is 5. The lowest BCUT2D eigenvalue weighted by molar-refractivity contribution is 0.0789. The molecule has 24 heavy (non-hydrogen) atoms. The fourth-order valence-electron chi connectivity index (χ4n) is 2.75. The van der Waals surface area contributed by atoms with Crippen molar-refractivity contribution >= 4 is 33.4 Å². The summed E-state index contributed by atoms with van der Waals surface area (Å²) < 4.78 is 0.844. The van der Waals surface area contributed by atoms with Gasteiger partial charge in [-0.15, -0.1) is 11.3 Å². The van der Waals surface area contributed by atoms with Gasteiger partial charge in [0.15, 0.2) is 5.69 Å². The first-order valence-corrected chi connectivity index (χ1v) is 8.74. The number of hydrogen-bond donors (Lipinski definition) is 1. The number of fused-ring (bicyclic) bond motifs is 1. The van der Waals surface area contributed by atoms with Gasteiger partial charge >= 0.3 is 0 Å². The van der Waals surface area contributed by atoms with Crippen molar-refractivity contribution in [2.24, 2.45) is 0 Å². The number of aromatic nitrogens is 4. The summed E-state index contributed by atoms with van der Waals surface area (Å²) in [6, 6.07) is 5.62. The van der Waals surface area contributed by atoms with Crippen LogP contribution in [-0.2, 0) is 6.54 Å². The van der Waals surface area contributed by atoms with Crippen LogP contribution in [0, 0.1) is 0 Å². The molecule has 4 rings (SSSR count). The third-order valence-electron chi connectivity index (χ3n) is 3.95. The summed E-state index contributed by atoms with van der Waals surface area (Å²) in [5.74, 6) is 0.430. The van der Waals surface area contributed by atoms with E-state index >= 15 is 0 Å². The molecule has 3 aromatic rings. The van der Waals surface area contributed by atoms with E-state index in [0.717, 1.165) is 41.8 Å². The summed E-state index contributed by atoms with van der Waals surface area (Å²) in [6.45, 7) is 2.07. The number of nitrogens with one attached hydrogen (secondary N) is 1. The Morgan fingerprint density at radius 1 is 1.25 bits per heavy atom. The molecule has 0 radical (unpaired) electrons. The number of rotatable bonds is 4. The lowest BCUT2D eigenvalue weighted by Gasteiger charge is -2.15. The van der Waals surface area contributed by atoms with E-state index in [4.69, 9.17) is 0 Å². The Labute approximate surface area is 142 Å². The molecule has 0 saturated carbocycles. The zero-order valence-electron chi connectivity index (χ0n) is 13.0. The Kier molecular flexibility index (Phi) is 4.04. The van der Waals surface area contributed by atoms with Crippen LogP contribution < -0.4 is 5.32 Å². The summed E-state index contributed by atoms with van der Waals surface area (Å²) in [5, 5.41) is 12.9. The molecule has 0 atom stereocenters. The molecule has 122 valence electrons. The van der Waals surface area contributed by atoms with Gasteiger partial charge in [-0.1, -0.05) is 0 Å². The molecular weight excluding hydrogens is 324 g/mol. The highest BCUT2D eigenvalue weighted by Gasteiger charge is 2.24. The van der Waals surface area contributed by atoms with Crippen molar-refractivity contribution in [1.82, 2.24) is 25.1 Å². The molecule has 0 aliphatic carbocycles. The van der Waals surface area contributed by atoms with Gasteiger partial charge in [0.2, 0.25) is 5.95 Å². The number of likely N-dealkylation sites (tertiary alicyclic amines) is 1. The molecular formula is C16H16N6OS. The Morgan fingerprint density at radius 3 is 2.92 bits per heavy atom. The molecule has 1 saturated heterocycles. The predicted octanol–water partition coefficient (Wildman–Crippen LogP) is 2.33. The van der Waals surface area contributed by atoms with Crippen molar-refractivity contribution in [1.29, 1.82) is 0 Å². The van der Waals surface area contributed by atoms with E-state index in [1.54, 1.807) is 6.20 Å². The molecule has 4 heterocycles. The van der Waals surface area contributed by atoms with Gasteiger partial charge in [0.25, 0.3) is 5.91 Å². The highest BCUT2D eigenvalue weighted by atomic mass is 32.1. The standard InChI is InChI=1S/C16H16N6OS/c23-15(22-7-1-2-8-22)13-14-12(5-9-24-14)19-16(20-13)17-10-11-4-3-6-18-21-11/h3-6,9H,1-2,7-8,10H2,(H,17,19,20). The number of carbonyl (C=O) groups excluding carboxylic acids is 1. The maximum atomic E-state index is 12.8. The average molecular weight is 340 g/mol. The SMILES string of the molecule is O=C(c1nc(NCc2cccnn2)nc2ccsc12)N1CCCC1. The fraction of sp³-hybridized carbons (Fsp3) is 0.312. The van der Waals surface area contributed by atoms with Gasteiger partial charge in [-0.2, -0.15) is 10.2 Å². The number of hydrogen-bond acceptors (Lipinski definition) is 7. The molecule has 7 nitrogen and oxygen atoms in total. The minimum absolute atomic E-state index is 0.00935. The van der Waals surface area contributed by atoms with Crippen molar-refractivity contribution in [3.63, 3.8) is 0 Å². The highest BCUT2D eigenvalue weighted by molar-refractivity contribution is 7.17. The van der Waals surface area contributed by atoms with Crippen molar-refractivity contribution in [2.45, 2.75) is 19.4 Å². The summed E-state index contributed by atoms with van der Waals surface area (Å²) >= 11 is 1.50. The first kappa shape index (κ1) is 14.9. The normalized spacial score (nSPS) is 14.2. The van der Waals surface area contributed by atoms with Gasteiger partial charge in [0.1, 0.15) is 0 Å². The first-order chi connectivity index (χ1) is 11.8. The minimum atomic E-state index is -0.00935. The molecule has 0 unspecified atom stereocenters. The molecule has 1 amide bonds. The molecule has 3 aromatic heterocycles. The van der Waals surface area contributed by atoms with Crippen LogP contribution in [0.4, 0.5) is 5.95 Å². The number of anilines is 1. The third-order valence-corrected chi connectivity index (χ3v) is 4.86. The molecule has 1 fully saturated rings. The van der Waals surface area contributed by atoms with Crippen LogP contribution in [0.1, 0.15) is 29.0 Å². The maximum absolute atomic E-state index is 12.8. The summed E-state index contributed by atoms with van der Waals surface area (Å²) in [7, 11) is 0. The van der Waals surface area contributed by atoms with E-state index in [0.29, 0.717) is 18.2 Å². The fourth-order valence-corrected chi connectivity index (χ4v) is 3.57. The minimum Gasteiger partial charge on any atom is -0.348 e. The molecule has 8 heteroatoms. The van der Waals surface area contributed by atoms with Crippen molar-refractivity contribution in [2.75, 3.05) is 18.4 Å². The van der Waals surface area contributed by atoms with Crippen LogP contribution in [0.15, 0.2) is 29.8 Å². The third kappa shape index (κ3) is 2.92.